The Labute approximate surface area is 143 Å². The normalized spacial score (nSPS) is 13.1. The summed E-state index contributed by atoms with van der Waals surface area (Å²) in [6, 6.07) is 9.63. The molecule has 0 bridgehead atoms. The summed E-state index contributed by atoms with van der Waals surface area (Å²) in [4.78, 5) is 12.1. The SMILES string of the molecule is CCOC(=O)C(OC/C=C/c1ccccc1)P(=O)(OCC)OCC. The number of benzene rings is 1. The van der Waals surface area contributed by atoms with Crippen LogP contribution in [-0.2, 0) is 27.9 Å². The minimum absolute atomic E-state index is 0.0719. The monoisotopic (exact) mass is 356 g/mol. The molecule has 0 spiro atoms. The molecule has 1 rings (SSSR count). The summed E-state index contributed by atoms with van der Waals surface area (Å²) in [5, 5.41) is 0. The van der Waals surface area contributed by atoms with Crippen LogP contribution >= 0.6 is 7.60 Å². The van der Waals surface area contributed by atoms with Gasteiger partial charge in [-0.3, -0.25) is 4.57 Å². The molecule has 0 aliphatic heterocycles. The number of carbonyl (C=O) groups is 1. The maximum atomic E-state index is 12.8. The maximum Gasteiger partial charge on any atom is 0.370 e. The Hall–Kier alpha value is -1.46. The van der Waals surface area contributed by atoms with Crippen molar-refractivity contribution < 1.29 is 27.9 Å². The van der Waals surface area contributed by atoms with Gasteiger partial charge in [-0.25, -0.2) is 4.79 Å². The van der Waals surface area contributed by atoms with E-state index in [2.05, 4.69) is 0 Å². The molecule has 0 aliphatic carbocycles. The summed E-state index contributed by atoms with van der Waals surface area (Å²) < 4.78 is 33.6. The lowest BCUT2D eigenvalue weighted by molar-refractivity contribution is -0.151. The molecule has 24 heavy (non-hydrogen) atoms. The van der Waals surface area contributed by atoms with Gasteiger partial charge in [0.15, 0.2) is 0 Å². The van der Waals surface area contributed by atoms with Gasteiger partial charge >= 0.3 is 13.6 Å². The number of ether oxygens (including phenoxy) is 2. The minimum atomic E-state index is -3.76. The molecule has 134 valence electrons. The van der Waals surface area contributed by atoms with E-state index in [4.69, 9.17) is 18.5 Å². The van der Waals surface area contributed by atoms with Gasteiger partial charge < -0.3 is 18.5 Å². The summed E-state index contributed by atoms with van der Waals surface area (Å²) >= 11 is 0. The third kappa shape index (κ3) is 6.57. The summed E-state index contributed by atoms with van der Waals surface area (Å²) in [6.07, 6.45) is 3.57. The molecular weight excluding hydrogens is 331 g/mol. The summed E-state index contributed by atoms with van der Waals surface area (Å²) in [7, 11) is -3.76. The molecule has 0 aromatic heterocycles. The highest BCUT2D eigenvalue weighted by molar-refractivity contribution is 7.55. The Morgan fingerprint density at radius 2 is 1.71 bits per heavy atom. The average Bonchev–Trinajstić information content (AvgIpc) is 2.56. The molecule has 0 aliphatic rings. The van der Waals surface area contributed by atoms with Gasteiger partial charge in [-0.1, -0.05) is 42.5 Å². The zero-order chi connectivity index (χ0) is 17.8. The number of rotatable bonds is 11. The Balaban J connectivity index is 2.80. The minimum Gasteiger partial charge on any atom is -0.464 e. The lowest BCUT2D eigenvalue weighted by Crippen LogP contribution is -2.29. The van der Waals surface area contributed by atoms with Crippen molar-refractivity contribution in [2.24, 2.45) is 0 Å². The Morgan fingerprint density at radius 1 is 1.08 bits per heavy atom. The van der Waals surface area contributed by atoms with E-state index in [1.807, 2.05) is 36.4 Å². The van der Waals surface area contributed by atoms with Crippen molar-refractivity contribution in [1.82, 2.24) is 0 Å². The quantitative estimate of drug-likeness (QED) is 0.443. The van der Waals surface area contributed by atoms with Crippen molar-refractivity contribution in [2.45, 2.75) is 26.6 Å². The zero-order valence-electron chi connectivity index (χ0n) is 14.3. The van der Waals surface area contributed by atoms with Crippen LogP contribution in [0, 0.1) is 0 Å². The van der Waals surface area contributed by atoms with Crippen molar-refractivity contribution in [3.05, 3.63) is 42.0 Å². The van der Waals surface area contributed by atoms with Crippen LogP contribution in [0.25, 0.3) is 6.08 Å². The van der Waals surface area contributed by atoms with Crippen LogP contribution in [0.3, 0.4) is 0 Å². The van der Waals surface area contributed by atoms with Gasteiger partial charge in [0.2, 0.25) is 0 Å². The van der Waals surface area contributed by atoms with Crippen molar-refractivity contribution in [2.75, 3.05) is 26.4 Å². The fraction of sp³-hybridized carbons (Fsp3) is 0.471. The number of hydrogen-bond donors (Lipinski definition) is 0. The molecule has 0 radical (unpaired) electrons. The van der Waals surface area contributed by atoms with Crippen molar-refractivity contribution in [3.63, 3.8) is 0 Å². The third-order valence-electron chi connectivity index (χ3n) is 2.85. The lowest BCUT2D eigenvalue weighted by atomic mass is 10.2. The first-order chi connectivity index (χ1) is 11.6. The smallest absolute Gasteiger partial charge is 0.370 e. The Bertz CT molecular complexity index is 547. The fourth-order valence-electron chi connectivity index (χ4n) is 1.93. The van der Waals surface area contributed by atoms with E-state index in [1.54, 1.807) is 26.8 Å². The van der Waals surface area contributed by atoms with Gasteiger partial charge in [0, 0.05) is 0 Å². The first kappa shape index (κ1) is 20.6. The maximum absolute atomic E-state index is 12.8. The van der Waals surface area contributed by atoms with Crippen LogP contribution < -0.4 is 0 Å². The molecule has 0 fully saturated rings. The molecule has 0 heterocycles. The Morgan fingerprint density at radius 3 is 2.25 bits per heavy atom. The van der Waals surface area contributed by atoms with E-state index in [9.17, 15) is 9.36 Å². The molecular formula is C17H25O6P. The molecule has 0 amide bonds. The summed E-state index contributed by atoms with van der Waals surface area (Å²) in [6.45, 7) is 5.50. The molecule has 0 saturated carbocycles. The number of carbonyl (C=O) groups excluding carboxylic acids is 1. The highest BCUT2D eigenvalue weighted by Crippen LogP contribution is 2.53. The molecule has 1 unspecified atom stereocenters. The molecule has 1 aromatic carbocycles. The van der Waals surface area contributed by atoms with E-state index in [1.165, 1.54) is 0 Å². The van der Waals surface area contributed by atoms with Gasteiger partial charge in [-0.15, -0.1) is 0 Å². The largest absolute Gasteiger partial charge is 0.464 e. The highest BCUT2D eigenvalue weighted by atomic mass is 31.2. The van der Waals surface area contributed by atoms with Crippen LogP contribution in [0.5, 0.6) is 0 Å². The van der Waals surface area contributed by atoms with Crippen LogP contribution in [0.2, 0.25) is 0 Å². The van der Waals surface area contributed by atoms with Gasteiger partial charge in [0.1, 0.15) is 0 Å². The van der Waals surface area contributed by atoms with E-state index in [-0.39, 0.29) is 26.4 Å². The lowest BCUT2D eigenvalue weighted by Gasteiger charge is -2.24. The first-order valence-corrected chi connectivity index (χ1v) is 9.57. The van der Waals surface area contributed by atoms with Crippen LogP contribution in [0.4, 0.5) is 0 Å². The van der Waals surface area contributed by atoms with Crippen LogP contribution in [0.15, 0.2) is 36.4 Å². The molecule has 1 atom stereocenters. The molecule has 7 heteroatoms. The van der Waals surface area contributed by atoms with Gasteiger partial charge in [-0.2, -0.15) is 0 Å². The second-order valence-corrected chi connectivity index (χ2v) is 6.69. The van der Waals surface area contributed by atoms with Crippen LogP contribution in [0.1, 0.15) is 26.3 Å². The summed E-state index contributed by atoms with van der Waals surface area (Å²) in [5.41, 5.74) is 0.992. The van der Waals surface area contributed by atoms with E-state index in [0.717, 1.165) is 5.56 Å². The second kappa shape index (κ2) is 11.2. The standard InChI is InChI=1S/C17H25O6P/c1-4-20-16(18)17(24(19,22-5-2)23-6-3)21-14-10-13-15-11-8-7-9-12-15/h7-13,17H,4-6,14H2,1-3H3/b13-10+. The van der Waals surface area contributed by atoms with Gasteiger partial charge in [-0.05, 0) is 26.3 Å². The topological polar surface area (TPSA) is 71.1 Å². The predicted molar refractivity (Wildman–Crippen MR) is 92.7 cm³/mol. The van der Waals surface area contributed by atoms with Crippen molar-refractivity contribution in [1.29, 1.82) is 0 Å². The third-order valence-corrected chi connectivity index (χ3v) is 5.02. The van der Waals surface area contributed by atoms with Crippen LogP contribution in [-0.4, -0.2) is 38.2 Å². The molecule has 6 nitrogen and oxygen atoms in total. The summed E-state index contributed by atoms with van der Waals surface area (Å²) in [5.74, 6) is -2.16. The van der Waals surface area contributed by atoms with E-state index < -0.39 is 19.4 Å². The first-order valence-electron chi connectivity index (χ1n) is 7.96. The molecule has 0 saturated heterocycles. The fourth-order valence-corrected chi connectivity index (χ4v) is 3.60. The van der Waals surface area contributed by atoms with Gasteiger partial charge in [0.05, 0.1) is 26.4 Å². The zero-order valence-corrected chi connectivity index (χ0v) is 15.2. The average molecular weight is 356 g/mol. The molecule has 1 aromatic rings. The highest BCUT2D eigenvalue weighted by Gasteiger charge is 2.43. The van der Waals surface area contributed by atoms with Crippen molar-refractivity contribution >= 4 is 19.6 Å². The van der Waals surface area contributed by atoms with E-state index in [0.29, 0.717) is 0 Å². The molecule has 0 N–H and O–H groups in total. The van der Waals surface area contributed by atoms with Gasteiger partial charge in [0.25, 0.3) is 5.85 Å². The predicted octanol–water partition coefficient (Wildman–Crippen LogP) is 3.87. The second-order valence-electron chi connectivity index (χ2n) is 4.63. The van der Waals surface area contributed by atoms with E-state index >= 15 is 0 Å². The van der Waals surface area contributed by atoms with Crippen molar-refractivity contribution in [3.8, 4) is 0 Å². The number of hydrogen-bond acceptors (Lipinski definition) is 6. The Kier molecular flexibility index (Phi) is 9.57. The number of esters is 1.